The van der Waals surface area contributed by atoms with Gasteiger partial charge in [0, 0.05) is 32.2 Å². The Labute approximate surface area is 155 Å². The van der Waals surface area contributed by atoms with Crippen molar-refractivity contribution in [2.24, 2.45) is 0 Å². The highest BCUT2D eigenvalue weighted by molar-refractivity contribution is 5.79. The van der Waals surface area contributed by atoms with Crippen LogP contribution in [-0.2, 0) is 9.59 Å². The smallest absolute Gasteiger partial charge is 0.234 e. The van der Waals surface area contributed by atoms with E-state index in [0.29, 0.717) is 38.7 Å². The second kappa shape index (κ2) is 8.54. The molecule has 3 rings (SSSR count). The van der Waals surface area contributed by atoms with Crippen LogP contribution >= 0.6 is 0 Å². The van der Waals surface area contributed by atoms with Crippen LogP contribution < -0.4 is 10.1 Å². The van der Waals surface area contributed by atoms with E-state index < -0.39 is 0 Å². The number of nitrogens with zero attached hydrogens (tertiary/aromatic N) is 2. The number of carbonyl (C=O) groups is 2. The number of carbonyl (C=O) groups excluding carboxylic acids is 2. The van der Waals surface area contributed by atoms with Crippen LogP contribution in [0.2, 0.25) is 0 Å². The summed E-state index contributed by atoms with van der Waals surface area (Å²) in [5.41, 5.74) is 2.30. The van der Waals surface area contributed by atoms with Gasteiger partial charge in [0.1, 0.15) is 5.75 Å². The lowest BCUT2D eigenvalue weighted by molar-refractivity contribution is -0.133. The van der Waals surface area contributed by atoms with Crippen LogP contribution in [0.15, 0.2) is 18.2 Å². The number of aryl methyl sites for hydroxylation is 2. The summed E-state index contributed by atoms with van der Waals surface area (Å²) in [6, 6.07) is 6.46. The Bertz CT molecular complexity index is 650. The molecular formula is C20H29N3O3. The molecule has 2 aliphatic rings. The molecule has 0 radical (unpaired) electrons. The fourth-order valence-electron chi connectivity index (χ4n) is 3.23. The molecule has 1 N–H and O–H groups in total. The van der Waals surface area contributed by atoms with Gasteiger partial charge in [0.05, 0.1) is 19.6 Å². The third kappa shape index (κ3) is 5.46. The lowest BCUT2D eigenvalue weighted by Crippen LogP contribution is -2.51. The lowest BCUT2D eigenvalue weighted by Gasteiger charge is -2.34. The molecular weight excluding hydrogens is 330 g/mol. The van der Waals surface area contributed by atoms with Crippen LogP contribution in [0.25, 0.3) is 0 Å². The third-order valence-corrected chi connectivity index (χ3v) is 4.94. The fourth-order valence-corrected chi connectivity index (χ4v) is 3.23. The topological polar surface area (TPSA) is 61.9 Å². The van der Waals surface area contributed by atoms with E-state index in [0.717, 1.165) is 37.2 Å². The van der Waals surface area contributed by atoms with Gasteiger partial charge in [0.2, 0.25) is 11.8 Å². The van der Waals surface area contributed by atoms with Gasteiger partial charge in [0.25, 0.3) is 0 Å². The number of hydrogen-bond donors (Lipinski definition) is 1. The molecule has 1 saturated heterocycles. The maximum atomic E-state index is 12.4. The summed E-state index contributed by atoms with van der Waals surface area (Å²) < 4.78 is 5.76. The van der Waals surface area contributed by atoms with Crippen molar-refractivity contribution in [3.8, 4) is 5.75 Å². The number of hydrogen-bond acceptors (Lipinski definition) is 4. The van der Waals surface area contributed by atoms with Crippen molar-refractivity contribution >= 4 is 11.8 Å². The molecule has 1 saturated carbocycles. The van der Waals surface area contributed by atoms with Crippen molar-refractivity contribution in [1.82, 2.24) is 15.1 Å². The SMILES string of the molecule is Cc1ccc(OCCC(=O)N2CCN(CC(=O)NC3CC3)CC2)c(C)c1. The van der Waals surface area contributed by atoms with E-state index in [1.807, 2.05) is 24.0 Å². The van der Waals surface area contributed by atoms with Gasteiger partial charge >= 0.3 is 0 Å². The van der Waals surface area contributed by atoms with Crippen LogP contribution in [0.3, 0.4) is 0 Å². The van der Waals surface area contributed by atoms with E-state index in [2.05, 4.69) is 23.2 Å². The second-order valence-corrected chi connectivity index (χ2v) is 7.37. The lowest BCUT2D eigenvalue weighted by atomic mass is 10.1. The minimum absolute atomic E-state index is 0.106. The summed E-state index contributed by atoms with van der Waals surface area (Å²) in [4.78, 5) is 28.2. The van der Waals surface area contributed by atoms with Crippen LogP contribution in [0.4, 0.5) is 0 Å². The number of nitrogens with one attached hydrogen (secondary N) is 1. The summed E-state index contributed by atoms with van der Waals surface area (Å²) in [6.45, 7) is 7.76. The summed E-state index contributed by atoms with van der Waals surface area (Å²) in [5, 5.41) is 3.01. The van der Waals surface area contributed by atoms with Crippen molar-refractivity contribution < 1.29 is 14.3 Å². The highest BCUT2D eigenvalue weighted by Crippen LogP contribution is 2.19. The average Bonchev–Trinajstić information content (AvgIpc) is 3.41. The molecule has 26 heavy (non-hydrogen) atoms. The standard InChI is InChI=1S/C20H29N3O3/c1-15-3-6-18(16(2)13-15)26-12-7-20(25)23-10-8-22(9-11-23)14-19(24)21-17-4-5-17/h3,6,13,17H,4-5,7-12,14H2,1-2H3,(H,21,24). The maximum Gasteiger partial charge on any atom is 0.234 e. The number of ether oxygens (including phenoxy) is 1. The van der Waals surface area contributed by atoms with Gasteiger partial charge in [-0.15, -0.1) is 0 Å². The largest absolute Gasteiger partial charge is 0.493 e. The molecule has 0 bridgehead atoms. The van der Waals surface area contributed by atoms with Gasteiger partial charge in [-0.3, -0.25) is 14.5 Å². The Kier molecular flexibility index (Phi) is 6.14. The van der Waals surface area contributed by atoms with Gasteiger partial charge in [-0.2, -0.15) is 0 Å². The number of rotatable bonds is 7. The Morgan fingerprint density at radius 2 is 1.88 bits per heavy atom. The highest BCUT2D eigenvalue weighted by atomic mass is 16.5. The first kappa shape index (κ1) is 18.7. The molecule has 6 heteroatoms. The number of piperazine rings is 1. The van der Waals surface area contributed by atoms with E-state index in [4.69, 9.17) is 4.74 Å². The molecule has 1 heterocycles. The highest BCUT2D eigenvalue weighted by Gasteiger charge is 2.26. The zero-order valence-electron chi connectivity index (χ0n) is 15.8. The summed E-state index contributed by atoms with van der Waals surface area (Å²) in [5.74, 6) is 1.07. The molecule has 0 unspecified atom stereocenters. The van der Waals surface area contributed by atoms with E-state index in [-0.39, 0.29) is 11.8 Å². The van der Waals surface area contributed by atoms with Crippen molar-refractivity contribution in [2.75, 3.05) is 39.3 Å². The molecule has 1 aliphatic heterocycles. The van der Waals surface area contributed by atoms with E-state index in [9.17, 15) is 9.59 Å². The Morgan fingerprint density at radius 3 is 2.54 bits per heavy atom. The first-order valence-corrected chi connectivity index (χ1v) is 9.51. The fraction of sp³-hybridized carbons (Fsp3) is 0.600. The molecule has 6 nitrogen and oxygen atoms in total. The van der Waals surface area contributed by atoms with Crippen LogP contribution in [0, 0.1) is 13.8 Å². The van der Waals surface area contributed by atoms with Gasteiger partial charge < -0.3 is 15.0 Å². The zero-order chi connectivity index (χ0) is 18.5. The third-order valence-electron chi connectivity index (χ3n) is 4.94. The molecule has 142 valence electrons. The van der Waals surface area contributed by atoms with E-state index in [1.54, 1.807) is 0 Å². The van der Waals surface area contributed by atoms with Gasteiger partial charge in [0.15, 0.2) is 0 Å². The molecule has 0 atom stereocenters. The number of benzene rings is 1. The maximum absolute atomic E-state index is 12.4. The minimum Gasteiger partial charge on any atom is -0.493 e. The molecule has 1 aromatic carbocycles. The normalized spacial score (nSPS) is 17.8. The summed E-state index contributed by atoms with van der Waals surface area (Å²) >= 11 is 0. The van der Waals surface area contributed by atoms with Gasteiger partial charge in [-0.05, 0) is 38.3 Å². The molecule has 0 aromatic heterocycles. The first-order valence-electron chi connectivity index (χ1n) is 9.51. The molecule has 2 fully saturated rings. The summed E-state index contributed by atoms with van der Waals surface area (Å²) in [7, 11) is 0. The zero-order valence-corrected chi connectivity index (χ0v) is 15.8. The van der Waals surface area contributed by atoms with Crippen LogP contribution in [0.5, 0.6) is 5.75 Å². The van der Waals surface area contributed by atoms with Crippen molar-refractivity contribution in [3.05, 3.63) is 29.3 Å². The molecule has 1 aromatic rings. The molecule has 2 amide bonds. The van der Waals surface area contributed by atoms with Crippen molar-refractivity contribution in [2.45, 2.75) is 39.2 Å². The Morgan fingerprint density at radius 1 is 1.15 bits per heavy atom. The Hall–Kier alpha value is -2.08. The monoisotopic (exact) mass is 359 g/mol. The second-order valence-electron chi connectivity index (χ2n) is 7.37. The van der Waals surface area contributed by atoms with Crippen molar-refractivity contribution in [1.29, 1.82) is 0 Å². The average molecular weight is 359 g/mol. The Balaban J connectivity index is 1.34. The van der Waals surface area contributed by atoms with Crippen molar-refractivity contribution in [3.63, 3.8) is 0 Å². The van der Waals surface area contributed by atoms with E-state index >= 15 is 0 Å². The summed E-state index contributed by atoms with van der Waals surface area (Å²) in [6.07, 6.45) is 2.60. The number of amides is 2. The molecule has 1 aliphatic carbocycles. The predicted octanol–water partition coefficient (Wildman–Crippen LogP) is 1.50. The quantitative estimate of drug-likeness (QED) is 0.801. The van der Waals surface area contributed by atoms with Crippen LogP contribution in [0.1, 0.15) is 30.4 Å². The first-order chi connectivity index (χ1) is 12.5. The van der Waals surface area contributed by atoms with Gasteiger partial charge in [-0.1, -0.05) is 17.7 Å². The minimum atomic E-state index is 0.106. The van der Waals surface area contributed by atoms with Gasteiger partial charge in [-0.25, -0.2) is 0 Å². The predicted molar refractivity (Wildman–Crippen MR) is 100 cm³/mol. The molecule has 0 spiro atoms. The van der Waals surface area contributed by atoms with E-state index in [1.165, 1.54) is 5.56 Å². The van der Waals surface area contributed by atoms with Crippen LogP contribution in [-0.4, -0.2) is 67.0 Å².